The predicted molar refractivity (Wildman–Crippen MR) is 91.1 cm³/mol. The molecule has 2 aromatic carbocycles. The number of nitrogens with one attached hydrogen (secondary N) is 1. The van der Waals surface area contributed by atoms with Crippen LogP contribution in [0.3, 0.4) is 0 Å². The van der Waals surface area contributed by atoms with Crippen LogP contribution in [0.1, 0.15) is 10.4 Å². The third-order valence-electron chi connectivity index (χ3n) is 3.60. The van der Waals surface area contributed by atoms with Gasteiger partial charge in [-0.05, 0) is 24.3 Å². The SMILES string of the molecule is COc1cc(-c2cc3ccccc3oc2=O)c(Cl)cc1C(=O)NN. The summed E-state index contributed by atoms with van der Waals surface area (Å²) >= 11 is 6.26. The number of nitrogen functional groups attached to an aromatic ring is 1. The van der Waals surface area contributed by atoms with Crippen molar-refractivity contribution in [2.24, 2.45) is 5.84 Å². The molecular formula is C17H13ClN2O4. The average molecular weight is 345 g/mol. The lowest BCUT2D eigenvalue weighted by molar-refractivity contribution is 0.0950. The first-order valence-electron chi connectivity index (χ1n) is 6.97. The molecule has 3 aromatic rings. The van der Waals surface area contributed by atoms with Gasteiger partial charge < -0.3 is 9.15 Å². The van der Waals surface area contributed by atoms with E-state index in [1.54, 1.807) is 18.2 Å². The first-order valence-corrected chi connectivity index (χ1v) is 7.34. The molecule has 1 heterocycles. The van der Waals surface area contributed by atoms with Crippen LogP contribution in [0, 0.1) is 0 Å². The Morgan fingerprint density at radius 3 is 2.67 bits per heavy atom. The molecule has 0 atom stereocenters. The number of para-hydroxylation sites is 1. The first-order chi connectivity index (χ1) is 11.5. The van der Waals surface area contributed by atoms with E-state index in [4.69, 9.17) is 26.6 Å². The summed E-state index contributed by atoms with van der Waals surface area (Å²) in [6.45, 7) is 0. The maximum absolute atomic E-state index is 12.3. The lowest BCUT2D eigenvalue weighted by Crippen LogP contribution is -2.30. The number of carbonyl (C=O) groups excluding carboxylic acids is 1. The van der Waals surface area contributed by atoms with Gasteiger partial charge in [0.1, 0.15) is 11.3 Å². The van der Waals surface area contributed by atoms with Gasteiger partial charge in [0, 0.05) is 16.0 Å². The van der Waals surface area contributed by atoms with E-state index in [0.29, 0.717) is 11.1 Å². The molecule has 3 rings (SSSR count). The van der Waals surface area contributed by atoms with E-state index in [2.05, 4.69) is 0 Å². The quantitative estimate of drug-likeness (QED) is 0.330. The van der Waals surface area contributed by atoms with E-state index >= 15 is 0 Å². The molecular weight excluding hydrogens is 332 g/mol. The summed E-state index contributed by atoms with van der Waals surface area (Å²) in [4.78, 5) is 24.1. The van der Waals surface area contributed by atoms with E-state index in [9.17, 15) is 9.59 Å². The molecule has 0 aliphatic carbocycles. The fourth-order valence-corrected chi connectivity index (χ4v) is 2.70. The van der Waals surface area contributed by atoms with Crippen molar-refractivity contribution in [2.45, 2.75) is 0 Å². The fourth-order valence-electron chi connectivity index (χ4n) is 2.43. The zero-order chi connectivity index (χ0) is 17.3. The van der Waals surface area contributed by atoms with Crippen molar-refractivity contribution in [2.75, 3.05) is 7.11 Å². The number of rotatable bonds is 3. The lowest BCUT2D eigenvalue weighted by atomic mass is 10.0. The topological polar surface area (TPSA) is 94.6 Å². The molecule has 0 unspecified atom stereocenters. The number of ether oxygens (including phenoxy) is 1. The van der Waals surface area contributed by atoms with Gasteiger partial charge in [0.2, 0.25) is 0 Å². The van der Waals surface area contributed by atoms with Crippen LogP contribution < -0.4 is 21.6 Å². The van der Waals surface area contributed by atoms with Crippen LogP contribution in [0.15, 0.2) is 51.7 Å². The van der Waals surface area contributed by atoms with Crippen LogP contribution in [0.2, 0.25) is 5.02 Å². The second-order valence-corrected chi connectivity index (χ2v) is 5.40. The molecule has 1 amide bonds. The van der Waals surface area contributed by atoms with Crippen LogP contribution in [-0.2, 0) is 0 Å². The Kier molecular flexibility index (Phi) is 4.24. The first kappa shape index (κ1) is 16.0. The molecule has 0 aliphatic rings. The molecule has 24 heavy (non-hydrogen) atoms. The minimum Gasteiger partial charge on any atom is -0.496 e. The number of hydrogen-bond donors (Lipinski definition) is 2. The van der Waals surface area contributed by atoms with Gasteiger partial charge in [0.15, 0.2) is 0 Å². The van der Waals surface area contributed by atoms with Crippen molar-refractivity contribution in [3.63, 3.8) is 0 Å². The third-order valence-corrected chi connectivity index (χ3v) is 3.91. The summed E-state index contributed by atoms with van der Waals surface area (Å²) in [7, 11) is 1.41. The molecule has 0 saturated carbocycles. The van der Waals surface area contributed by atoms with Crippen LogP contribution in [-0.4, -0.2) is 13.0 Å². The number of hydrazine groups is 1. The lowest BCUT2D eigenvalue weighted by Gasteiger charge is -2.11. The summed E-state index contributed by atoms with van der Waals surface area (Å²) in [5, 5.41) is 0.961. The van der Waals surface area contributed by atoms with Crippen LogP contribution in [0.5, 0.6) is 5.75 Å². The van der Waals surface area contributed by atoms with E-state index in [-0.39, 0.29) is 21.9 Å². The maximum Gasteiger partial charge on any atom is 0.344 e. The van der Waals surface area contributed by atoms with Gasteiger partial charge in [-0.2, -0.15) is 0 Å². The molecule has 1 aromatic heterocycles. The van der Waals surface area contributed by atoms with E-state index < -0.39 is 11.5 Å². The van der Waals surface area contributed by atoms with E-state index in [1.807, 2.05) is 17.6 Å². The molecule has 0 bridgehead atoms. The van der Waals surface area contributed by atoms with Crippen molar-refractivity contribution < 1.29 is 13.9 Å². The monoisotopic (exact) mass is 344 g/mol. The standard InChI is InChI=1S/C17H13ClN2O4/c1-23-15-8-10(13(18)7-12(15)16(21)20-19)11-6-9-4-2-3-5-14(9)24-17(11)22/h2-8H,19H2,1H3,(H,20,21). The number of carbonyl (C=O) groups is 1. The Bertz CT molecular complexity index is 998. The Morgan fingerprint density at radius 2 is 1.96 bits per heavy atom. The Balaban J connectivity index is 2.25. The van der Waals surface area contributed by atoms with Crippen LogP contribution >= 0.6 is 11.6 Å². The van der Waals surface area contributed by atoms with Crippen molar-refractivity contribution in [3.05, 3.63) is 63.5 Å². The van der Waals surface area contributed by atoms with Gasteiger partial charge in [-0.3, -0.25) is 10.2 Å². The molecule has 0 radical (unpaired) electrons. The normalized spacial score (nSPS) is 10.6. The highest BCUT2D eigenvalue weighted by atomic mass is 35.5. The molecule has 7 heteroatoms. The van der Waals surface area contributed by atoms with Gasteiger partial charge in [0.05, 0.1) is 18.2 Å². The second-order valence-electron chi connectivity index (χ2n) is 4.99. The molecule has 3 N–H and O–H groups in total. The van der Waals surface area contributed by atoms with Crippen molar-refractivity contribution in [1.29, 1.82) is 0 Å². The highest BCUT2D eigenvalue weighted by Crippen LogP contribution is 2.34. The summed E-state index contributed by atoms with van der Waals surface area (Å²) in [5.74, 6) is 4.84. The number of halogens is 1. The van der Waals surface area contributed by atoms with Gasteiger partial charge in [-0.1, -0.05) is 29.8 Å². The predicted octanol–water partition coefficient (Wildman–Crippen LogP) is 2.73. The zero-order valence-electron chi connectivity index (χ0n) is 12.6. The molecule has 0 spiro atoms. The summed E-state index contributed by atoms with van der Waals surface area (Å²) in [5.41, 5.74) is 2.81. The average Bonchev–Trinajstić information content (AvgIpc) is 2.60. The van der Waals surface area contributed by atoms with Crippen molar-refractivity contribution >= 4 is 28.5 Å². The fraction of sp³-hybridized carbons (Fsp3) is 0.0588. The molecule has 0 fully saturated rings. The maximum atomic E-state index is 12.3. The third kappa shape index (κ3) is 2.73. The van der Waals surface area contributed by atoms with E-state index in [0.717, 1.165) is 5.39 Å². The summed E-state index contributed by atoms with van der Waals surface area (Å²) < 4.78 is 10.5. The zero-order valence-corrected chi connectivity index (χ0v) is 13.4. The second kappa shape index (κ2) is 6.35. The Hall–Kier alpha value is -2.83. The number of methoxy groups -OCH3 is 1. The van der Waals surface area contributed by atoms with Crippen LogP contribution in [0.25, 0.3) is 22.1 Å². The number of hydrogen-bond acceptors (Lipinski definition) is 5. The Labute approximate surface area is 141 Å². The highest BCUT2D eigenvalue weighted by Gasteiger charge is 2.18. The van der Waals surface area contributed by atoms with E-state index in [1.165, 1.54) is 19.2 Å². The van der Waals surface area contributed by atoms with Gasteiger partial charge in [-0.15, -0.1) is 0 Å². The largest absolute Gasteiger partial charge is 0.496 e. The number of amides is 1. The molecule has 122 valence electrons. The molecule has 6 nitrogen and oxygen atoms in total. The molecule has 0 aliphatic heterocycles. The smallest absolute Gasteiger partial charge is 0.344 e. The summed E-state index contributed by atoms with van der Waals surface area (Å²) in [6, 6.07) is 11.7. The van der Waals surface area contributed by atoms with Crippen molar-refractivity contribution in [3.8, 4) is 16.9 Å². The van der Waals surface area contributed by atoms with Crippen molar-refractivity contribution in [1.82, 2.24) is 5.43 Å². The number of benzene rings is 2. The molecule has 0 saturated heterocycles. The highest BCUT2D eigenvalue weighted by molar-refractivity contribution is 6.34. The number of nitrogens with two attached hydrogens (primary N) is 1. The Morgan fingerprint density at radius 1 is 1.21 bits per heavy atom. The minimum atomic E-state index is -0.550. The van der Waals surface area contributed by atoms with Gasteiger partial charge in [-0.25, -0.2) is 10.6 Å². The van der Waals surface area contributed by atoms with Crippen LogP contribution in [0.4, 0.5) is 0 Å². The number of fused-ring (bicyclic) bond motifs is 1. The minimum absolute atomic E-state index is 0.166. The van der Waals surface area contributed by atoms with Gasteiger partial charge >= 0.3 is 5.63 Å². The van der Waals surface area contributed by atoms with Gasteiger partial charge in [0.25, 0.3) is 5.91 Å². The summed E-state index contributed by atoms with van der Waals surface area (Å²) in [6.07, 6.45) is 0.